The van der Waals surface area contributed by atoms with E-state index in [4.69, 9.17) is 4.74 Å². The van der Waals surface area contributed by atoms with Gasteiger partial charge in [0.15, 0.2) is 11.6 Å². The zero-order chi connectivity index (χ0) is 13.8. The number of nitrogens with zero attached hydrogens (tertiary/aromatic N) is 1. The number of H-pyrrole nitrogens is 1. The second-order valence-electron chi connectivity index (χ2n) is 4.14. The molecule has 6 heteroatoms. The molecular formula is C13H16FN3O2. The monoisotopic (exact) mass is 265 g/mol. The van der Waals surface area contributed by atoms with E-state index >= 15 is 0 Å². The number of hydrogen-bond acceptors (Lipinski definition) is 3. The Morgan fingerprint density at radius 2 is 2.26 bits per heavy atom. The van der Waals surface area contributed by atoms with Gasteiger partial charge in [-0.25, -0.2) is 9.37 Å². The van der Waals surface area contributed by atoms with Gasteiger partial charge in [0.1, 0.15) is 0 Å². The second-order valence-corrected chi connectivity index (χ2v) is 4.14. The van der Waals surface area contributed by atoms with E-state index in [0.717, 1.165) is 6.42 Å². The van der Waals surface area contributed by atoms with Crippen molar-refractivity contribution >= 4 is 22.9 Å². The van der Waals surface area contributed by atoms with E-state index in [1.165, 1.54) is 12.1 Å². The van der Waals surface area contributed by atoms with Gasteiger partial charge < -0.3 is 9.72 Å². The average molecular weight is 265 g/mol. The summed E-state index contributed by atoms with van der Waals surface area (Å²) in [7, 11) is 0. The lowest BCUT2D eigenvalue weighted by molar-refractivity contribution is -0.115. The smallest absolute Gasteiger partial charge is 0.226 e. The molecule has 2 aromatic rings. The molecule has 0 spiro atoms. The van der Waals surface area contributed by atoms with Crippen molar-refractivity contribution in [3.63, 3.8) is 0 Å². The number of carbonyl (C=O) groups is 1. The number of benzene rings is 1. The molecule has 1 aromatic carbocycles. The lowest BCUT2D eigenvalue weighted by Crippen LogP contribution is -2.10. The zero-order valence-corrected chi connectivity index (χ0v) is 10.9. The fraction of sp³-hybridized carbons (Fsp3) is 0.385. The van der Waals surface area contributed by atoms with E-state index in [1.807, 2.05) is 6.92 Å². The summed E-state index contributed by atoms with van der Waals surface area (Å²) >= 11 is 0. The number of hydrogen-bond donors (Lipinski definition) is 2. The summed E-state index contributed by atoms with van der Waals surface area (Å²) in [5.41, 5.74) is 1.08. The molecule has 0 aliphatic carbocycles. The van der Waals surface area contributed by atoms with Gasteiger partial charge in [0.05, 0.1) is 17.6 Å². The van der Waals surface area contributed by atoms with Crippen molar-refractivity contribution in [1.29, 1.82) is 0 Å². The van der Waals surface area contributed by atoms with Gasteiger partial charge in [-0.15, -0.1) is 0 Å². The third-order valence-corrected chi connectivity index (χ3v) is 2.58. The van der Waals surface area contributed by atoms with Gasteiger partial charge in [0.2, 0.25) is 11.9 Å². The van der Waals surface area contributed by atoms with Crippen LogP contribution in [0.15, 0.2) is 12.1 Å². The number of ether oxygens (including phenoxy) is 1. The number of rotatable bonds is 5. The molecule has 102 valence electrons. The van der Waals surface area contributed by atoms with Crippen molar-refractivity contribution in [1.82, 2.24) is 9.97 Å². The number of amides is 1. The first-order chi connectivity index (χ1) is 9.13. The Kier molecular flexibility index (Phi) is 3.99. The second kappa shape index (κ2) is 5.69. The number of nitrogens with one attached hydrogen (secondary N) is 2. The number of aromatic amines is 1. The standard InChI is InChI=1S/C13H16FN3O2/c1-3-5-19-11-7-10-9(6-8(11)14)15-13(16-10)17-12(18)4-2/h6-7H,3-5H2,1-2H3,(H2,15,16,17,18). The molecule has 0 radical (unpaired) electrons. The van der Waals surface area contributed by atoms with E-state index in [-0.39, 0.29) is 11.7 Å². The molecule has 5 nitrogen and oxygen atoms in total. The highest BCUT2D eigenvalue weighted by atomic mass is 19.1. The van der Waals surface area contributed by atoms with Gasteiger partial charge >= 0.3 is 0 Å². The summed E-state index contributed by atoms with van der Waals surface area (Å²) in [6.07, 6.45) is 1.16. The van der Waals surface area contributed by atoms with Crippen LogP contribution < -0.4 is 10.1 Å². The normalized spacial score (nSPS) is 10.7. The molecular weight excluding hydrogens is 249 g/mol. The van der Waals surface area contributed by atoms with Crippen molar-refractivity contribution in [2.45, 2.75) is 26.7 Å². The number of anilines is 1. The van der Waals surface area contributed by atoms with Crippen LogP contribution in [0.2, 0.25) is 0 Å². The summed E-state index contributed by atoms with van der Waals surface area (Å²) < 4.78 is 19.0. The van der Waals surface area contributed by atoms with Crippen LogP contribution in [0.1, 0.15) is 26.7 Å². The Morgan fingerprint density at radius 1 is 1.47 bits per heavy atom. The minimum Gasteiger partial charge on any atom is -0.490 e. The molecule has 0 unspecified atom stereocenters. The maximum atomic E-state index is 13.7. The highest BCUT2D eigenvalue weighted by Gasteiger charge is 2.10. The summed E-state index contributed by atoms with van der Waals surface area (Å²) in [6.45, 7) is 4.14. The maximum absolute atomic E-state index is 13.7. The number of aromatic nitrogens is 2. The Balaban J connectivity index is 2.29. The number of fused-ring (bicyclic) bond motifs is 1. The molecule has 0 saturated carbocycles. The van der Waals surface area contributed by atoms with Crippen molar-refractivity contribution in [3.05, 3.63) is 17.9 Å². The quantitative estimate of drug-likeness (QED) is 0.873. The molecule has 2 N–H and O–H groups in total. The van der Waals surface area contributed by atoms with E-state index < -0.39 is 5.82 Å². The third kappa shape index (κ3) is 3.01. The van der Waals surface area contributed by atoms with Crippen LogP contribution >= 0.6 is 0 Å². The molecule has 2 rings (SSSR count). The van der Waals surface area contributed by atoms with Crippen molar-refractivity contribution < 1.29 is 13.9 Å². The predicted octanol–water partition coefficient (Wildman–Crippen LogP) is 2.84. The molecule has 1 heterocycles. The molecule has 0 saturated heterocycles. The topological polar surface area (TPSA) is 67.0 Å². The highest BCUT2D eigenvalue weighted by molar-refractivity contribution is 5.91. The van der Waals surface area contributed by atoms with Gasteiger partial charge in [-0.2, -0.15) is 0 Å². The summed E-state index contributed by atoms with van der Waals surface area (Å²) in [5, 5.41) is 2.59. The van der Waals surface area contributed by atoms with Crippen LogP contribution in [0.3, 0.4) is 0 Å². The molecule has 0 bridgehead atoms. The lowest BCUT2D eigenvalue weighted by atomic mass is 10.3. The van der Waals surface area contributed by atoms with Gasteiger partial charge in [-0.1, -0.05) is 13.8 Å². The average Bonchev–Trinajstić information content (AvgIpc) is 2.76. The molecule has 0 fully saturated rings. The number of carbonyl (C=O) groups excluding carboxylic acids is 1. The van der Waals surface area contributed by atoms with E-state index in [0.29, 0.717) is 30.0 Å². The molecule has 0 aliphatic heterocycles. The fourth-order valence-electron chi connectivity index (χ4n) is 1.61. The largest absolute Gasteiger partial charge is 0.490 e. The first-order valence-corrected chi connectivity index (χ1v) is 6.26. The van der Waals surface area contributed by atoms with Gasteiger partial charge in [-0.05, 0) is 6.42 Å². The molecule has 1 aromatic heterocycles. The van der Waals surface area contributed by atoms with Crippen LogP contribution in [0, 0.1) is 5.82 Å². The van der Waals surface area contributed by atoms with Gasteiger partial charge in [0.25, 0.3) is 0 Å². The SMILES string of the molecule is CCCOc1cc2nc(NC(=O)CC)[nH]c2cc1F. The minimum atomic E-state index is -0.446. The van der Waals surface area contributed by atoms with Crippen LogP contribution in [-0.4, -0.2) is 22.5 Å². The van der Waals surface area contributed by atoms with E-state index in [9.17, 15) is 9.18 Å². The van der Waals surface area contributed by atoms with Crippen molar-refractivity contribution in [2.24, 2.45) is 0 Å². The van der Waals surface area contributed by atoms with E-state index in [1.54, 1.807) is 6.92 Å². The number of imidazole rings is 1. The Labute approximate surface area is 110 Å². The molecule has 0 atom stereocenters. The van der Waals surface area contributed by atoms with Gasteiger partial charge in [0, 0.05) is 18.6 Å². The third-order valence-electron chi connectivity index (χ3n) is 2.58. The lowest BCUT2D eigenvalue weighted by Gasteiger charge is -2.04. The maximum Gasteiger partial charge on any atom is 0.226 e. The minimum absolute atomic E-state index is 0.151. The number of halogens is 1. The predicted molar refractivity (Wildman–Crippen MR) is 70.8 cm³/mol. The van der Waals surface area contributed by atoms with E-state index in [2.05, 4.69) is 15.3 Å². The highest BCUT2D eigenvalue weighted by Crippen LogP contribution is 2.24. The van der Waals surface area contributed by atoms with Gasteiger partial charge in [-0.3, -0.25) is 10.1 Å². The summed E-state index contributed by atoms with van der Waals surface area (Å²) in [6, 6.07) is 2.84. The van der Waals surface area contributed by atoms with Crippen molar-refractivity contribution in [2.75, 3.05) is 11.9 Å². The zero-order valence-electron chi connectivity index (χ0n) is 10.9. The Morgan fingerprint density at radius 3 is 2.95 bits per heavy atom. The Hall–Kier alpha value is -2.11. The summed E-state index contributed by atoms with van der Waals surface area (Å²) in [4.78, 5) is 18.3. The Bertz CT molecular complexity index is 595. The molecule has 19 heavy (non-hydrogen) atoms. The molecule has 0 aliphatic rings. The molecule has 1 amide bonds. The summed E-state index contributed by atoms with van der Waals surface area (Å²) in [5.74, 6) is -0.108. The first kappa shape index (κ1) is 13.3. The van der Waals surface area contributed by atoms with Crippen molar-refractivity contribution in [3.8, 4) is 5.75 Å². The van der Waals surface area contributed by atoms with Crippen LogP contribution in [0.25, 0.3) is 11.0 Å². The van der Waals surface area contributed by atoms with Crippen LogP contribution in [0.4, 0.5) is 10.3 Å². The first-order valence-electron chi connectivity index (χ1n) is 6.26. The van der Waals surface area contributed by atoms with Crippen LogP contribution in [-0.2, 0) is 4.79 Å². The van der Waals surface area contributed by atoms with Crippen LogP contribution in [0.5, 0.6) is 5.75 Å². The fourth-order valence-corrected chi connectivity index (χ4v) is 1.61.